The van der Waals surface area contributed by atoms with Crippen LogP contribution < -0.4 is 0 Å². The van der Waals surface area contributed by atoms with Crippen molar-refractivity contribution in [3.63, 3.8) is 0 Å². The van der Waals surface area contributed by atoms with Crippen LogP contribution in [-0.4, -0.2) is 23.5 Å². The third kappa shape index (κ3) is 0.856. The summed E-state index contributed by atoms with van der Waals surface area (Å²) in [4.78, 5) is 2.90. The second-order valence-corrected chi connectivity index (χ2v) is 6.79. The quantitative estimate of drug-likeness (QED) is 0.616. The van der Waals surface area contributed by atoms with Gasteiger partial charge in [0.2, 0.25) is 0 Å². The van der Waals surface area contributed by atoms with Gasteiger partial charge in [0.15, 0.2) is 0 Å². The molecule has 14 heavy (non-hydrogen) atoms. The molecule has 1 heteroatoms. The summed E-state index contributed by atoms with van der Waals surface area (Å²) < 4.78 is 0. The smallest absolute Gasteiger partial charge is 0.0219 e. The Kier molecular flexibility index (Phi) is 1.20. The van der Waals surface area contributed by atoms with Gasteiger partial charge in [0.1, 0.15) is 0 Å². The second kappa shape index (κ2) is 2.07. The molecule has 0 amide bonds. The topological polar surface area (TPSA) is 3.24 Å². The zero-order valence-corrected chi connectivity index (χ0v) is 9.31. The lowest BCUT2D eigenvalue weighted by Gasteiger charge is -2.30. The molecule has 78 valence electrons. The van der Waals surface area contributed by atoms with E-state index in [0.29, 0.717) is 5.54 Å². The molecule has 2 saturated carbocycles. The van der Waals surface area contributed by atoms with Crippen molar-refractivity contribution in [2.75, 3.05) is 13.1 Å². The Morgan fingerprint density at radius 3 is 1.71 bits per heavy atom. The molecule has 2 spiro atoms. The Labute approximate surface area is 86.9 Å². The third-order valence-electron chi connectivity index (χ3n) is 5.70. The first kappa shape index (κ1) is 8.15. The van der Waals surface area contributed by atoms with Crippen LogP contribution in [0.15, 0.2) is 0 Å². The molecule has 0 atom stereocenters. The zero-order chi connectivity index (χ0) is 9.44. The van der Waals surface area contributed by atoms with E-state index in [2.05, 4.69) is 11.8 Å². The van der Waals surface area contributed by atoms with Crippen molar-refractivity contribution in [2.45, 2.75) is 57.4 Å². The minimum atomic E-state index is 0.674. The van der Waals surface area contributed by atoms with Gasteiger partial charge in [0.05, 0.1) is 0 Å². The first-order chi connectivity index (χ1) is 6.70. The predicted molar refractivity (Wildman–Crippen MR) is 57.2 cm³/mol. The first-order valence-corrected chi connectivity index (χ1v) is 6.45. The molecule has 0 radical (unpaired) electrons. The SMILES string of the molecule is CCC12CC3(CC3)CN1CC1(CC1)C2. The molecule has 2 aliphatic heterocycles. The van der Waals surface area contributed by atoms with Crippen LogP contribution in [0.5, 0.6) is 0 Å². The fourth-order valence-corrected chi connectivity index (χ4v) is 4.49. The van der Waals surface area contributed by atoms with Gasteiger partial charge in [-0.25, -0.2) is 0 Å². The highest BCUT2D eigenvalue weighted by atomic mass is 15.3. The van der Waals surface area contributed by atoms with E-state index in [4.69, 9.17) is 0 Å². The van der Waals surface area contributed by atoms with Crippen LogP contribution in [0.1, 0.15) is 51.9 Å². The highest BCUT2D eigenvalue weighted by molar-refractivity contribution is 5.20. The van der Waals surface area contributed by atoms with Gasteiger partial charge in [-0.3, -0.25) is 4.90 Å². The molecule has 4 fully saturated rings. The summed E-state index contributed by atoms with van der Waals surface area (Å²) in [5.74, 6) is 0. The van der Waals surface area contributed by atoms with Crippen molar-refractivity contribution in [3.05, 3.63) is 0 Å². The van der Waals surface area contributed by atoms with Gasteiger partial charge in [0.25, 0.3) is 0 Å². The van der Waals surface area contributed by atoms with E-state index in [1.54, 1.807) is 12.8 Å². The summed E-state index contributed by atoms with van der Waals surface area (Å²) in [5.41, 5.74) is 2.33. The van der Waals surface area contributed by atoms with E-state index < -0.39 is 0 Å². The molecule has 4 rings (SSSR count). The molecule has 2 aliphatic carbocycles. The minimum absolute atomic E-state index is 0.674. The van der Waals surface area contributed by atoms with Crippen molar-refractivity contribution in [2.24, 2.45) is 10.8 Å². The normalized spacial score (nSPS) is 39.2. The zero-order valence-electron chi connectivity index (χ0n) is 9.31. The maximum Gasteiger partial charge on any atom is 0.0219 e. The molecule has 0 N–H and O–H groups in total. The lowest BCUT2D eigenvalue weighted by Crippen LogP contribution is -2.37. The standard InChI is InChI=1S/C13H21N/c1-2-13-7-11(3-4-11)9-14(13)10-12(8-13)5-6-12/h2-10H2,1H3. The monoisotopic (exact) mass is 191 g/mol. The summed E-state index contributed by atoms with van der Waals surface area (Å²) in [7, 11) is 0. The third-order valence-corrected chi connectivity index (χ3v) is 5.70. The maximum absolute atomic E-state index is 2.90. The van der Waals surface area contributed by atoms with Crippen LogP contribution in [0.4, 0.5) is 0 Å². The van der Waals surface area contributed by atoms with E-state index in [0.717, 1.165) is 10.8 Å². The highest BCUT2D eigenvalue weighted by Crippen LogP contribution is 2.68. The fraction of sp³-hybridized carbons (Fsp3) is 1.00. The van der Waals surface area contributed by atoms with E-state index >= 15 is 0 Å². The van der Waals surface area contributed by atoms with E-state index in [1.807, 2.05) is 0 Å². The Morgan fingerprint density at radius 2 is 1.43 bits per heavy atom. The van der Waals surface area contributed by atoms with E-state index in [1.165, 1.54) is 45.2 Å². The van der Waals surface area contributed by atoms with Crippen molar-refractivity contribution < 1.29 is 0 Å². The lowest BCUT2D eigenvalue weighted by atomic mass is 9.83. The van der Waals surface area contributed by atoms with Gasteiger partial charge in [-0.05, 0) is 55.8 Å². The average Bonchev–Trinajstić information content (AvgIpc) is 2.98. The summed E-state index contributed by atoms with van der Waals surface area (Å²) >= 11 is 0. The molecule has 0 aromatic carbocycles. The van der Waals surface area contributed by atoms with Crippen LogP contribution >= 0.6 is 0 Å². The molecule has 1 nitrogen and oxygen atoms in total. The molecule has 2 saturated heterocycles. The number of hydrogen-bond donors (Lipinski definition) is 0. The summed E-state index contributed by atoms with van der Waals surface area (Å²) in [6.07, 6.45) is 10.7. The van der Waals surface area contributed by atoms with Gasteiger partial charge >= 0.3 is 0 Å². The Balaban J connectivity index is 1.68. The van der Waals surface area contributed by atoms with Crippen LogP contribution in [0.2, 0.25) is 0 Å². The largest absolute Gasteiger partial charge is 0.297 e. The van der Waals surface area contributed by atoms with Crippen LogP contribution in [0, 0.1) is 10.8 Å². The molecule has 0 aromatic heterocycles. The lowest BCUT2D eigenvalue weighted by molar-refractivity contribution is 0.189. The van der Waals surface area contributed by atoms with Crippen LogP contribution in [0.25, 0.3) is 0 Å². The molecule has 0 aromatic rings. The van der Waals surface area contributed by atoms with Gasteiger partial charge in [-0.15, -0.1) is 0 Å². The second-order valence-electron chi connectivity index (χ2n) is 6.79. The van der Waals surface area contributed by atoms with Crippen molar-refractivity contribution >= 4 is 0 Å². The number of rotatable bonds is 1. The van der Waals surface area contributed by atoms with Gasteiger partial charge < -0.3 is 0 Å². The average molecular weight is 191 g/mol. The van der Waals surface area contributed by atoms with Gasteiger partial charge in [-0.1, -0.05) is 6.92 Å². The van der Waals surface area contributed by atoms with E-state index in [-0.39, 0.29) is 0 Å². The molecular formula is C13H21N. The summed E-state index contributed by atoms with van der Waals surface area (Å²) in [6.45, 7) is 5.35. The Morgan fingerprint density at radius 1 is 0.929 bits per heavy atom. The summed E-state index contributed by atoms with van der Waals surface area (Å²) in [5, 5.41) is 0. The first-order valence-electron chi connectivity index (χ1n) is 6.45. The summed E-state index contributed by atoms with van der Waals surface area (Å²) in [6, 6.07) is 0. The highest BCUT2D eigenvalue weighted by Gasteiger charge is 2.66. The predicted octanol–water partition coefficient (Wildman–Crippen LogP) is 2.81. The van der Waals surface area contributed by atoms with Crippen LogP contribution in [0.3, 0.4) is 0 Å². The van der Waals surface area contributed by atoms with Crippen molar-refractivity contribution in [1.29, 1.82) is 0 Å². The van der Waals surface area contributed by atoms with Gasteiger partial charge in [0, 0.05) is 18.6 Å². The van der Waals surface area contributed by atoms with E-state index in [9.17, 15) is 0 Å². The molecule has 0 bridgehead atoms. The number of nitrogens with zero attached hydrogens (tertiary/aromatic N) is 1. The maximum atomic E-state index is 2.90. The van der Waals surface area contributed by atoms with Crippen LogP contribution in [-0.2, 0) is 0 Å². The Bertz CT molecular complexity index is 262. The van der Waals surface area contributed by atoms with Gasteiger partial charge in [-0.2, -0.15) is 0 Å². The molecule has 0 unspecified atom stereocenters. The number of hydrogen-bond acceptors (Lipinski definition) is 1. The Hall–Kier alpha value is -0.0400. The molecule has 2 heterocycles. The van der Waals surface area contributed by atoms with Crippen molar-refractivity contribution in [3.8, 4) is 0 Å². The minimum Gasteiger partial charge on any atom is -0.297 e. The van der Waals surface area contributed by atoms with Crippen molar-refractivity contribution in [1.82, 2.24) is 4.90 Å². The molecular weight excluding hydrogens is 170 g/mol. The number of fused-ring (bicyclic) bond motifs is 1. The molecule has 4 aliphatic rings. The fourth-order valence-electron chi connectivity index (χ4n) is 4.49.